The molecule has 1 aromatic carbocycles. The molecule has 0 bridgehead atoms. The molecule has 8 heteroatoms. The van der Waals surface area contributed by atoms with E-state index in [1.165, 1.54) is 6.07 Å². The number of ether oxygens (including phenoxy) is 3. The van der Waals surface area contributed by atoms with E-state index in [4.69, 9.17) is 14.2 Å². The molecule has 0 amide bonds. The Labute approximate surface area is 195 Å². The van der Waals surface area contributed by atoms with Gasteiger partial charge in [0.15, 0.2) is 0 Å². The van der Waals surface area contributed by atoms with Crippen LogP contribution in [0.3, 0.4) is 0 Å². The molecule has 4 rings (SSSR count). The lowest BCUT2D eigenvalue weighted by molar-refractivity contribution is 0.0848. The Hall–Kier alpha value is -2.61. The second kappa shape index (κ2) is 10.1. The molecule has 1 aromatic heterocycles. The second-order valence-corrected chi connectivity index (χ2v) is 9.15. The molecule has 2 aromatic rings. The Morgan fingerprint density at radius 2 is 1.91 bits per heavy atom. The molecule has 0 saturated carbocycles. The zero-order chi connectivity index (χ0) is 23.5. The van der Waals surface area contributed by atoms with Gasteiger partial charge in [0, 0.05) is 57.1 Å². The maximum absolute atomic E-state index is 14.5. The molecule has 5 atom stereocenters. The van der Waals surface area contributed by atoms with Crippen LogP contribution in [0.15, 0.2) is 30.6 Å². The molecule has 2 aliphatic rings. The molecule has 7 nitrogen and oxygen atoms in total. The molecule has 0 spiro atoms. The van der Waals surface area contributed by atoms with Crippen molar-refractivity contribution in [2.24, 2.45) is 11.8 Å². The predicted molar refractivity (Wildman–Crippen MR) is 127 cm³/mol. The summed E-state index contributed by atoms with van der Waals surface area (Å²) in [7, 11) is 1.76. The van der Waals surface area contributed by atoms with Crippen molar-refractivity contribution in [3.63, 3.8) is 0 Å². The van der Waals surface area contributed by atoms with E-state index in [1.54, 1.807) is 31.6 Å². The largest absolute Gasteiger partial charge is 0.494 e. The number of methoxy groups -OCH3 is 1. The smallest absolute Gasteiger partial charge is 0.232 e. The van der Waals surface area contributed by atoms with E-state index in [0.717, 1.165) is 18.8 Å². The summed E-state index contributed by atoms with van der Waals surface area (Å²) in [5.41, 5.74) is 0.582. The van der Waals surface area contributed by atoms with Crippen molar-refractivity contribution >= 4 is 11.5 Å². The number of anilines is 2. The zero-order valence-corrected chi connectivity index (χ0v) is 20.2. The fraction of sp³-hybridized carbons (Fsp3) is 0.600. The van der Waals surface area contributed by atoms with Gasteiger partial charge in [0.25, 0.3) is 0 Å². The second-order valence-electron chi connectivity index (χ2n) is 9.15. The minimum Gasteiger partial charge on any atom is -0.494 e. The Kier molecular flexibility index (Phi) is 7.22. The van der Waals surface area contributed by atoms with E-state index in [9.17, 15) is 4.39 Å². The third-order valence-corrected chi connectivity index (χ3v) is 7.10. The fourth-order valence-corrected chi connectivity index (χ4v) is 4.90. The number of halogens is 1. The summed E-state index contributed by atoms with van der Waals surface area (Å²) in [6.45, 7) is 11.2. The van der Waals surface area contributed by atoms with E-state index >= 15 is 0 Å². The SMILES string of the molecule is CCOc1ccc(F)c(N2CC[C@@H](Oc3cnc(N4C[C@H](OC)[C@@H](C)[C@@H]4C)cn3)[C@H](C)C2)c1. The molecule has 33 heavy (non-hydrogen) atoms. The Balaban J connectivity index is 1.37. The molecule has 0 unspecified atom stereocenters. The van der Waals surface area contributed by atoms with Crippen molar-refractivity contribution in [3.05, 3.63) is 36.4 Å². The topological polar surface area (TPSA) is 60.0 Å². The number of hydrogen-bond donors (Lipinski definition) is 0. The lowest BCUT2D eigenvalue weighted by Gasteiger charge is -2.38. The molecule has 2 fully saturated rings. The van der Waals surface area contributed by atoms with Crippen LogP contribution in [0.1, 0.15) is 34.1 Å². The maximum Gasteiger partial charge on any atom is 0.232 e. The molecule has 3 heterocycles. The highest BCUT2D eigenvalue weighted by molar-refractivity contribution is 5.52. The van der Waals surface area contributed by atoms with Crippen LogP contribution in [-0.4, -0.2) is 61.6 Å². The Morgan fingerprint density at radius 3 is 2.55 bits per heavy atom. The summed E-state index contributed by atoms with van der Waals surface area (Å²) in [5.74, 6) is 2.46. The summed E-state index contributed by atoms with van der Waals surface area (Å²) in [5, 5.41) is 0. The highest BCUT2D eigenvalue weighted by Crippen LogP contribution is 2.32. The van der Waals surface area contributed by atoms with Crippen LogP contribution in [0.4, 0.5) is 15.9 Å². The van der Waals surface area contributed by atoms with Crippen LogP contribution >= 0.6 is 0 Å². The Morgan fingerprint density at radius 1 is 1.09 bits per heavy atom. The molecule has 2 saturated heterocycles. The van der Waals surface area contributed by atoms with Crippen LogP contribution < -0.4 is 19.3 Å². The van der Waals surface area contributed by atoms with Crippen molar-refractivity contribution in [2.45, 2.75) is 52.4 Å². The van der Waals surface area contributed by atoms with Gasteiger partial charge >= 0.3 is 0 Å². The minimum atomic E-state index is -0.229. The maximum atomic E-state index is 14.5. The fourth-order valence-electron chi connectivity index (χ4n) is 4.90. The van der Waals surface area contributed by atoms with Crippen molar-refractivity contribution < 1.29 is 18.6 Å². The first kappa shape index (κ1) is 23.5. The van der Waals surface area contributed by atoms with Gasteiger partial charge in [-0.05, 0) is 26.0 Å². The van der Waals surface area contributed by atoms with Gasteiger partial charge in [-0.1, -0.05) is 13.8 Å². The molecular formula is C25H35FN4O3. The predicted octanol–water partition coefficient (Wildman–Crippen LogP) is 4.17. The lowest BCUT2D eigenvalue weighted by atomic mass is 9.96. The number of rotatable bonds is 7. The normalized spacial score (nSPS) is 27.6. The first-order chi connectivity index (χ1) is 15.9. The average Bonchev–Trinajstić information content (AvgIpc) is 3.11. The highest BCUT2D eigenvalue weighted by Gasteiger charge is 2.37. The lowest BCUT2D eigenvalue weighted by Crippen LogP contribution is -2.44. The van der Waals surface area contributed by atoms with Gasteiger partial charge < -0.3 is 24.0 Å². The number of hydrogen-bond acceptors (Lipinski definition) is 7. The summed E-state index contributed by atoms with van der Waals surface area (Å²) in [6, 6.07) is 5.26. The first-order valence-electron chi connectivity index (χ1n) is 11.9. The van der Waals surface area contributed by atoms with Crippen LogP contribution in [0.25, 0.3) is 0 Å². The summed E-state index contributed by atoms with van der Waals surface area (Å²) in [6.07, 6.45) is 4.47. The number of aromatic nitrogens is 2. The van der Waals surface area contributed by atoms with Crippen molar-refractivity contribution in [1.29, 1.82) is 0 Å². The van der Waals surface area contributed by atoms with Gasteiger partial charge in [-0.15, -0.1) is 0 Å². The van der Waals surface area contributed by atoms with Crippen LogP contribution in [-0.2, 0) is 4.74 Å². The molecule has 180 valence electrons. The van der Waals surface area contributed by atoms with E-state index in [1.807, 2.05) is 6.92 Å². The van der Waals surface area contributed by atoms with Gasteiger partial charge in [-0.3, -0.25) is 0 Å². The van der Waals surface area contributed by atoms with Gasteiger partial charge in [0.2, 0.25) is 5.88 Å². The summed E-state index contributed by atoms with van der Waals surface area (Å²) >= 11 is 0. The molecular weight excluding hydrogens is 423 g/mol. The summed E-state index contributed by atoms with van der Waals surface area (Å²) in [4.78, 5) is 13.4. The third kappa shape index (κ3) is 5.00. The highest BCUT2D eigenvalue weighted by atomic mass is 19.1. The van der Waals surface area contributed by atoms with Gasteiger partial charge in [-0.2, -0.15) is 0 Å². The van der Waals surface area contributed by atoms with Crippen molar-refractivity contribution in [2.75, 3.05) is 43.2 Å². The minimum absolute atomic E-state index is 0.00291. The molecule has 0 radical (unpaired) electrons. The van der Waals surface area contributed by atoms with Gasteiger partial charge in [-0.25, -0.2) is 14.4 Å². The quantitative estimate of drug-likeness (QED) is 0.617. The Bertz CT molecular complexity index is 928. The van der Waals surface area contributed by atoms with E-state index < -0.39 is 0 Å². The zero-order valence-electron chi connectivity index (χ0n) is 20.2. The standard InChI is InChI=1S/C25H35FN4O3/c1-6-32-19-7-8-20(26)21(11-19)29-10-9-22(16(2)14-29)33-25-13-27-24(12-28-25)30-15-23(31-5)17(3)18(30)4/h7-8,11-13,16-18,22-23H,6,9-10,14-15H2,1-5H3/t16-,17+,18+,22-,23+/m1/s1. The molecule has 2 aliphatic heterocycles. The van der Waals surface area contributed by atoms with E-state index in [2.05, 4.69) is 40.5 Å². The summed E-state index contributed by atoms with van der Waals surface area (Å²) < 4.78 is 31.8. The molecule has 0 aliphatic carbocycles. The average molecular weight is 459 g/mol. The van der Waals surface area contributed by atoms with E-state index in [-0.39, 0.29) is 23.9 Å². The molecule has 0 N–H and O–H groups in total. The first-order valence-corrected chi connectivity index (χ1v) is 11.9. The van der Waals surface area contributed by atoms with Crippen molar-refractivity contribution in [1.82, 2.24) is 9.97 Å². The van der Waals surface area contributed by atoms with Crippen molar-refractivity contribution in [3.8, 4) is 11.6 Å². The van der Waals surface area contributed by atoms with Crippen LogP contribution in [0.5, 0.6) is 11.6 Å². The third-order valence-electron chi connectivity index (χ3n) is 7.10. The van der Waals surface area contributed by atoms with Crippen LogP contribution in [0, 0.1) is 17.7 Å². The van der Waals surface area contributed by atoms with Crippen LogP contribution in [0.2, 0.25) is 0 Å². The number of benzene rings is 1. The van der Waals surface area contributed by atoms with Gasteiger partial charge in [0.05, 0.1) is 30.8 Å². The number of piperidine rings is 1. The van der Waals surface area contributed by atoms with Gasteiger partial charge in [0.1, 0.15) is 23.5 Å². The van der Waals surface area contributed by atoms with E-state index in [0.29, 0.717) is 49.0 Å². The number of nitrogens with zero attached hydrogens (tertiary/aromatic N) is 4. The monoisotopic (exact) mass is 458 g/mol.